The third kappa shape index (κ3) is 2.27. The van der Waals surface area contributed by atoms with Crippen LogP contribution in [0.5, 0.6) is 0 Å². The van der Waals surface area contributed by atoms with Gasteiger partial charge in [-0.05, 0) is 41.1 Å². The number of fused-ring (bicyclic) bond motifs is 2. The number of urea groups is 1. The lowest BCUT2D eigenvalue weighted by molar-refractivity contribution is 0.0446. The van der Waals surface area contributed by atoms with Gasteiger partial charge in [0.15, 0.2) is 5.82 Å². The first-order chi connectivity index (χ1) is 11.5. The van der Waals surface area contributed by atoms with Crippen LogP contribution in [0.15, 0.2) is 17.0 Å². The summed E-state index contributed by atoms with van der Waals surface area (Å²) in [7, 11) is 1.86. The molecule has 7 nitrogen and oxygen atoms in total. The third-order valence-corrected chi connectivity index (χ3v) is 5.87. The van der Waals surface area contributed by atoms with Gasteiger partial charge in [-0.1, -0.05) is 6.92 Å². The van der Waals surface area contributed by atoms with Crippen molar-refractivity contribution >= 4 is 33.3 Å². The van der Waals surface area contributed by atoms with Gasteiger partial charge in [-0.25, -0.2) is 14.8 Å². The standard InChI is InChI=1S/C16H21BrN6O/c1-9-3-4-10-7-11(21(2)16(24)23(10)8-9)15-20-13(17)12-14(18)19-5-6-22(12)15/h5-6,9-11H,3-4,7-8H2,1-2H3,(H2,18,19). The Balaban J connectivity index is 1.75. The molecule has 2 fully saturated rings. The van der Waals surface area contributed by atoms with Gasteiger partial charge in [-0.3, -0.25) is 4.40 Å². The van der Waals surface area contributed by atoms with Crippen LogP contribution in [0.4, 0.5) is 10.6 Å². The Labute approximate surface area is 149 Å². The maximum Gasteiger partial charge on any atom is 0.320 e. The Kier molecular flexibility index (Phi) is 3.67. The van der Waals surface area contributed by atoms with Crippen LogP contribution in [0.3, 0.4) is 0 Å². The van der Waals surface area contributed by atoms with Crippen molar-refractivity contribution in [3.05, 3.63) is 22.8 Å². The van der Waals surface area contributed by atoms with E-state index in [0.29, 0.717) is 22.4 Å². The highest BCUT2D eigenvalue weighted by Crippen LogP contribution is 2.38. The Morgan fingerprint density at radius 1 is 1.38 bits per heavy atom. The fourth-order valence-electron chi connectivity index (χ4n) is 4.00. The van der Waals surface area contributed by atoms with E-state index in [4.69, 9.17) is 5.73 Å². The SMILES string of the molecule is CC1CCC2CC(c3nc(Br)c4c(N)nccn34)N(C)C(=O)N2C1. The molecule has 0 aromatic carbocycles. The van der Waals surface area contributed by atoms with Crippen LogP contribution in [0.1, 0.15) is 38.1 Å². The van der Waals surface area contributed by atoms with Gasteiger partial charge in [-0.15, -0.1) is 0 Å². The lowest BCUT2D eigenvalue weighted by Gasteiger charge is -2.47. The minimum atomic E-state index is -0.0623. The average molecular weight is 393 g/mol. The number of hydrogen-bond donors (Lipinski definition) is 1. The van der Waals surface area contributed by atoms with E-state index in [1.807, 2.05) is 27.4 Å². The Morgan fingerprint density at radius 2 is 2.17 bits per heavy atom. The summed E-state index contributed by atoms with van der Waals surface area (Å²) < 4.78 is 2.62. The van der Waals surface area contributed by atoms with E-state index in [2.05, 4.69) is 32.8 Å². The molecule has 3 atom stereocenters. The zero-order valence-electron chi connectivity index (χ0n) is 13.8. The van der Waals surface area contributed by atoms with Gasteiger partial charge in [0.1, 0.15) is 15.9 Å². The topological polar surface area (TPSA) is 79.8 Å². The predicted octanol–water partition coefficient (Wildman–Crippen LogP) is 2.67. The molecule has 8 heteroatoms. The highest BCUT2D eigenvalue weighted by atomic mass is 79.9. The lowest BCUT2D eigenvalue weighted by atomic mass is 9.88. The zero-order chi connectivity index (χ0) is 17.0. The van der Waals surface area contributed by atoms with Crippen LogP contribution < -0.4 is 5.73 Å². The molecule has 3 unspecified atom stereocenters. The number of piperidine rings is 1. The molecule has 2 aromatic heterocycles. The Morgan fingerprint density at radius 3 is 2.96 bits per heavy atom. The van der Waals surface area contributed by atoms with E-state index < -0.39 is 0 Å². The number of nitrogens with zero attached hydrogens (tertiary/aromatic N) is 5. The van der Waals surface area contributed by atoms with Crippen molar-refractivity contribution in [2.75, 3.05) is 19.3 Å². The molecule has 24 heavy (non-hydrogen) atoms. The summed E-state index contributed by atoms with van der Waals surface area (Å²) in [6.07, 6.45) is 6.65. The van der Waals surface area contributed by atoms with E-state index in [-0.39, 0.29) is 12.1 Å². The highest BCUT2D eigenvalue weighted by molar-refractivity contribution is 9.10. The van der Waals surface area contributed by atoms with E-state index >= 15 is 0 Å². The van der Waals surface area contributed by atoms with Crippen molar-refractivity contribution in [1.29, 1.82) is 0 Å². The second kappa shape index (κ2) is 5.61. The van der Waals surface area contributed by atoms with Crippen molar-refractivity contribution < 1.29 is 4.79 Å². The first-order valence-corrected chi connectivity index (χ1v) is 9.08. The molecule has 2 aromatic rings. The smallest absolute Gasteiger partial charge is 0.320 e. The summed E-state index contributed by atoms with van der Waals surface area (Å²) in [6, 6.07) is 0.325. The number of nitrogen functional groups attached to an aromatic ring is 1. The maximum absolute atomic E-state index is 12.9. The van der Waals surface area contributed by atoms with Crippen molar-refractivity contribution in [2.45, 2.75) is 38.3 Å². The van der Waals surface area contributed by atoms with Crippen molar-refractivity contribution in [2.24, 2.45) is 5.92 Å². The summed E-state index contributed by atoms with van der Waals surface area (Å²) in [5.74, 6) is 1.84. The fraction of sp³-hybridized carbons (Fsp3) is 0.562. The number of carbonyl (C=O) groups is 1. The molecule has 0 aliphatic carbocycles. The zero-order valence-corrected chi connectivity index (χ0v) is 15.4. The highest BCUT2D eigenvalue weighted by Gasteiger charge is 2.42. The van der Waals surface area contributed by atoms with Crippen molar-refractivity contribution in [3.8, 4) is 0 Å². The number of halogens is 1. The van der Waals surface area contributed by atoms with Gasteiger partial charge in [-0.2, -0.15) is 0 Å². The molecule has 2 saturated heterocycles. The Hall–Kier alpha value is -1.83. The van der Waals surface area contributed by atoms with Crippen LogP contribution in [-0.4, -0.2) is 49.8 Å². The number of rotatable bonds is 1. The molecule has 4 rings (SSSR count). The molecule has 2 aliphatic heterocycles. The molecule has 4 heterocycles. The van der Waals surface area contributed by atoms with E-state index in [0.717, 1.165) is 30.7 Å². The quantitative estimate of drug-likeness (QED) is 0.808. The lowest BCUT2D eigenvalue weighted by Crippen LogP contribution is -2.57. The van der Waals surface area contributed by atoms with Gasteiger partial charge >= 0.3 is 6.03 Å². The largest absolute Gasteiger partial charge is 0.382 e. The summed E-state index contributed by atoms with van der Waals surface area (Å²) in [5, 5.41) is 0. The molecule has 128 valence electrons. The molecule has 0 bridgehead atoms. The summed E-state index contributed by atoms with van der Waals surface area (Å²) in [4.78, 5) is 25.5. The molecule has 0 spiro atoms. The number of hydrogen-bond acceptors (Lipinski definition) is 4. The molecule has 0 saturated carbocycles. The van der Waals surface area contributed by atoms with Crippen LogP contribution in [-0.2, 0) is 0 Å². The van der Waals surface area contributed by atoms with Gasteiger partial charge < -0.3 is 15.5 Å². The van der Waals surface area contributed by atoms with Gasteiger partial charge in [0.25, 0.3) is 0 Å². The molecule has 2 N–H and O–H groups in total. The minimum Gasteiger partial charge on any atom is -0.382 e. The van der Waals surface area contributed by atoms with Crippen LogP contribution in [0.25, 0.3) is 5.52 Å². The second-order valence-electron chi connectivity index (χ2n) is 6.93. The maximum atomic E-state index is 12.9. The van der Waals surface area contributed by atoms with E-state index in [1.165, 1.54) is 6.42 Å². The van der Waals surface area contributed by atoms with Crippen LogP contribution in [0, 0.1) is 5.92 Å². The number of imidazole rings is 1. The molecular formula is C16H21BrN6O. The minimum absolute atomic E-state index is 0.0623. The number of amides is 2. The van der Waals surface area contributed by atoms with Crippen LogP contribution in [0.2, 0.25) is 0 Å². The van der Waals surface area contributed by atoms with Crippen molar-refractivity contribution in [1.82, 2.24) is 24.2 Å². The molecule has 0 radical (unpaired) electrons. The first-order valence-electron chi connectivity index (χ1n) is 8.28. The van der Waals surface area contributed by atoms with Gasteiger partial charge in [0.05, 0.1) is 6.04 Å². The van der Waals surface area contributed by atoms with Gasteiger partial charge in [0.2, 0.25) is 0 Å². The second-order valence-corrected chi connectivity index (χ2v) is 7.68. The number of nitrogens with two attached hydrogens (primary N) is 1. The molecule has 2 amide bonds. The summed E-state index contributed by atoms with van der Waals surface area (Å²) in [6.45, 7) is 3.06. The number of carbonyl (C=O) groups excluding carboxylic acids is 1. The monoisotopic (exact) mass is 392 g/mol. The normalized spacial score (nSPS) is 27.6. The number of aromatic nitrogens is 3. The first kappa shape index (κ1) is 15.7. The fourth-order valence-corrected chi connectivity index (χ4v) is 4.57. The van der Waals surface area contributed by atoms with Crippen molar-refractivity contribution in [3.63, 3.8) is 0 Å². The Bertz CT molecular complexity index is 805. The summed E-state index contributed by atoms with van der Waals surface area (Å²) >= 11 is 3.48. The van der Waals surface area contributed by atoms with Gasteiger partial charge in [0, 0.05) is 32.0 Å². The van der Waals surface area contributed by atoms with E-state index in [9.17, 15) is 4.79 Å². The number of anilines is 1. The predicted molar refractivity (Wildman–Crippen MR) is 94.5 cm³/mol. The molecular weight excluding hydrogens is 372 g/mol. The van der Waals surface area contributed by atoms with E-state index in [1.54, 1.807) is 6.20 Å². The third-order valence-electron chi connectivity index (χ3n) is 5.32. The molecule has 2 aliphatic rings. The summed E-state index contributed by atoms with van der Waals surface area (Å²) in [5.41, 5.74) is 6.75. The van der Waals surface area contributed by atoms with Crippen LogP contribution >= 0.6 is 15.9 Å². The average Bonchev–Trinajstić information content (AvgIpc) is 2.89.